The van der Waals surface area contributed by atoms with Crippen molar-refractivity contribution < 1.29 is 9.53 Å². The Morgan fingerprint density at radius 2 is 1.91 bits per heavy atom. The van der Waals surface area contributed by atoms with Gasteiger partial charge in [0.15, 0.2) is 6.61 Å². The van der Waals surface area contributed by atoms with Crippen LogP contribution in [0.25, 0.3) is 0 Å². The van der Waals surface area contributed by atoms with Crippen LogP contribution < -0.4 is 10.1 Å². The second-order valence-electron chi connectivity index (χ2n) is 5.34. The van der Waals surface area contributed by atoms with Crippen LogP contribution in [0.2, 0.25) is 0 Å². The summed E-state index contributed by atoms with van der Waals surface area (Å²) in [5.41, 5.74) is 2.34. The smallest absolute Gasteiger partial charge is 0.262 e. The minimum atomic E-state index is -0.242. The molecule has 0 radical (unpaired) electrons. The van der Waals surface area contributed by atoms with Crippen molar-refractivity contribution in [3.63, 3.8) is 0 Å². The summed E-state index contributed by atoms with van der Waals surface area (Å²) in [5.74, 6) is 0.542. The van der Waals surface area contributed by atoms with Gasteiger partial charge >= 0.3 is 0 Å². The molecule has 23 heavy (non-hydrogen) atoms. The molecule has 1 atom stereocenters. The van der Waals surface area contributed by atoms with Gasteiger partial charge in [-0.05, 0) is 36.1 Å². The van der Waals surface area contributed by atoms with Gasteiger partial charge < -0.3 is 10.1 Å². The summed E-state index contributed by atoms with van der Waals surface area (Å²) >= 11 is 0. The zero-order valence-electron chi connectivity index (χ0n) is 13.4. The number of carbonyl (C=O) groups excluding carboxylic acids is 1. The van der Waals surface area contributed by atoms with Crippen LogP contribution in [0, 0.1) is 11.3 Å². The largest absolute Gasteiger partial charge is 0.482 e. The highest BCUT2D eigenvalue weighted by Gasteiger charge is 2.12. The lowest BCUT2D eigenvalue weighted by molar-refractivity contribution is -0.118. The van der Waals surface area contributed by atoms with Crippen molar-refractivity contribution in [3.05, 3.63) is 59.7 Å². The maximum Gasteiger partial charge on any atom is 0.262 e. The average molecular weight is 308 g/mol. The maximum absolute atomic E-state index is 12.1. The molecule has 1 amide bonds. The molecule has 0 aliphatic heterocycles. The van der Waals surface area contributed by atoms with E-state index in [0.29, 0.717) is 17.2 Å². The van der Waals surface area contributed by atoms with E-state index in [2.05, 4.69) is 19.2 Å². The highest BCUT2D eigenvalue weighted by atomic mass is 16.5. The van der Waals surface area contributed by atoms with E-state index in [1.165, 1.54) is 0 Å². The molecular weight excluding hydrogens is 288 g/mol. The van der Waals surface area contributed by atoms with Gasteiger partial charge in [0.25, 0.3) is 5.91 Å². The van der Waals surface area contributed by atoms with Crippen LogP contribution in [0.15, 0.2) is 48.5 Å². The van der Waals surface area contributed by atoms with E-state index in [1.807, 2.05) is 30.3 Å². The summed E-state index contributed by atoms with van der Waals surface area (Å²) in [6, 6.07) is 16.7. The summed E-state index contributed by atoms with van der Waals surface area (Å²) < 4.78 is 5.45. The summed E-state index contributed by atoms with van der Waals surface area (Å²) in [4.78, 5) is 12.1. The monoisotopic (exact) mass is 308 g/mol. The van der Waals surface area contributed by atoms with E-state index in [0.717, 1.165) is 17.7 Å². The number of nitrogens with zero attached hydrogens (tertiary/aromatic N) is 1. The number of anilines is 1. The van der Waals surface area contributed by atoms with Gasteiger partial charge in [0.2, 0.25) is 0 Å². The molecule has 0 saturated heterocycles. The van der Waals surface area contributed by atoms with Crippen LogP contribution in [-0.2, 0) is 4.79 Å². The van der Waals surface area contributed by atoms with E-state index in [9.17, 15) is 4.79 Å². The number of nitrogens with one attached hydrogen (secondary N) is 1. The van der Waals surface area contributed by atoms with Gasteiger partial charge in [-0.25, -0.2) is 0 Å². The minimum absolute atomic E-state index is 0.131. The molecule has 0 saturated carbocycles. The Hall–Kier alpha value is -2.80. The van der Waals surface area contributed by atoms with E-state index in [1.54, 1.807) is 24.3 Å². The minimum Gasteiger partial charge on any atom is -0.482 e. The number of nitriles is 1. The van der Waals surface area contributed by atoms with E-state index < -0.39 is 0 Å². The molecule has 2 rings (SSSR count). The van der Waals surface area contributed by atoms with Gasteiger partial charge in [-0.1, -0.05) is 44.2 Å². The van der Waals surface area contributed by atoms with Crippen molar-refractivity contribution in [2.24, 2.45) is 0 Å². The number of hydrogen-bond acceptors (Lipinski definition) is 3. The third-order valence-corrected chi connectivity index (χ3v) is 3.74. The number of hydrogen-bond donors (Lipinski definition) is 1. The summed E-state index contributed by atoms with van der Waals surface area (Å²) in [6.07, 6.45) is 0.999. The van der Waals surface area contributed by atoms with Crippen LogP contribution >= 0.6 is 0 Å². The maximum atomic E-state index is 12.1. The third-order valence-electron chi connectivity index (χ3n) is 3.74. The number of ether oxygens (including phenoxy) is 1. The van der Waals surface area contributed by atoms with E-state index in [4.69, 9.17) is 10.00 Å². The molecule has 0 bridgehead atoms. The lowest BCUT2D eigenvalue weighted by Gasteiger charge is -2.16. The van der Waals surface area contributed by atoms with Gasteiger partial charge in [-0.3, -0.25) is 4.79 Å². The predicted octanol–water partition coefficient (Wildman–Crippen LogP) is 4.09. The van der Waals surface area contributed by atoms with Crippen LogP contribution in [0.4, 0.5) is 5.69 Å². The zero-order valence-corrected chi connectivity index (χ0v) is 13.4. The Balaban J connectivity index is 2.02. The lowest BCUT2D eigenvalue weighted by atomic mass is 9.97. The fourth-order valence-electron chi connectivity index (χ4n) is 2.27. The van der Waals surface area contributed by atoms with Crippen molar-refractivity contribution in [1.82, 2.24) is 0 Å². The first-order valence-corrected chi connectivity index (χ1v) is 7.66. The van der Waals surface area contributed by atoms with Gasteiger partial charge in [0.1, 0.15) is 11.8 Å². The number of amides is 1. The van der Waals surface area contributed by atoms with E-state index >= 15 is 0 Å². The van der Waals surface area contributed by atoms with Crippen molar-refractivity contribution in [1.29, 1.82) is 5.26 Å². The molecule has 4 heteroatoms. The molecule has 0 aromatic heterocycles. The molecule has 1 unspecified atom stereocenters. The normalized spacial score (nSPS) is 11.3. The molecule has 2 aromatic carbocycles. The topological polar surface area (TPSA) is 62.1 Å². The van der Waals surface area contributed by atoms with Gasteiger partial charge in [-0.15, -0.1) is 0 Å². The molecular formula is C19H20N2O2. The summed E-state index contributed by atoms with van der Waals surface area (Å²) in [6.45, 7) is 4.11. The van der Waals surface area contributed by atoms with Crippen LogP contribution in [-0.4, -0.2) is 12.5 Å². The number of rotatable bonds is 6. The molecule has 1 N–H and O–H groups in total. The Bertz CT molecular complexity index is 719. The second kappa shape index (κ2) is 8.00. The fourth-order valence-corrected chi connectivity index (χ4v) is 2.27. The zero-order chi connectivity index (χ0) is 16.7. The second-order valence-corrected chi connectivity index (χ2v) is 5.34. The number of para-hydroxylation sites is 2. The summed E-state index contributed by atoms with van der Waals surface area (Å²) in [7, 11) is 0. The molecule has 0 spiro atoms. The quantitative estimate of drug-likeness (QED) is 0.874. The Morgan fingerprint density at radius 3 is 2.65 bits per heavy atom. The fraction of sp³-hybridized carbons (Fsp3) is 0.263. The van der Waals surface area contributed by atoms with Crippen molar-refractivity contribution in [2.45, 2.75) is 26.2 Å². The summed E-state index contributed by atoms with van der Waals surface area (Å²) in [5, 5.41) is 11.9. The van der Waals surface area contributed by atoms with Gasteiger partial charge in [-0.2, -0.15) is 5.26 Å². The first kappa shape index (κ1) is 16.6. The SMILES string of the molecule is CCC(C)c1ccccc1NC(=O)COc1ccccc1C#N. The Morgan fingerprint density at radius 1 is 1.22 bits per heavy atom. The molecule has 0 fully saturated rings. The highest BCUT2D eigenvalue weighted by molar-refractivity contribution is 5.92. The first-order valence-electron chi connectivity index (χ1n) is 7.66. The highest BCUT2D eigenvalue weighted by Crippen LogP contribution is 2.26. The van der Waals surface area contributed by atoms with Crippen LogP contribution in [0.5, 0.6) is 5.75 Å². The van der Waals surface area contributed by atoms with Crippen molar-refractivity contribution in [2.75, 3.05) is 11.9 Å². The third kappa shape index (κ3) is 4.33. The molecule has 118 valence electrons. The first-order chi connectivity index (χ1) is 11.2. The standard InChI is InChI=1S/C19H20N2O2/c1-3-14(2)16-9-5-6-10-17(16)21-19(22)13-23-18-11-7-4-8-15(18)12-20/h4-11,14H,3,13H2,1-2H3,(H,21,22). The van der Waals surface area contributed by atoms with E-state index in [-0.39, 0.29) is 12.5 Å². The predicted molar refractivity (Wildman–Crippen MR) is 90.4 cm³/mol. The Labute approximate surface area is 136 Å². The van der Waals surface area contributed by atoms with Gasteiger partial charge in [0.05, 0.1) is 5.56 Å². The van der Waals surface area contributed by atoms with Crippen LogP contribution in [0.1, 0.15) is 37.3 Å². The van der Waals surface area contributed by atoms with Crippen molar-refractivity contribution in [3.8, 4) is 11.8 Å². The Kier molecular flexibility index (Phi) is 5.76. The molecule has 2 aromatic rings. The van der Waals surface area contributed by atoms with Gasteiger partial charge in [0, 0.05) is 5.69 Å². The number of benzene rings is 2. The molecule has 0 heterocycles. The van der Waals surface area contributed by atoms with Crippen molar-refractivity contribution >= 4 is 11.6 Å². The number of carbonyl (C=O) groups is 1. The molecule has 0 aliphatic rings. The van der Waals surface area contributed by atoms with Crippen LogP contribution in [0.3, 0.4) is 0 Å². The molecule has 4 nitrogen and oxygen atoms in total. The molecule has 0 aliphatic carbocycles. The average Bonchev–Trinajstić information content (AvgIpc) is 2.60. The lowest BCUT2D eigenvalue weighted by Crippen LogP contribution is -2.21.